The molecule has 6 nitrogen and oxygen atoms in total. The lowest BCUT2D eigenvalue weighted by Gasteiger charge is -2.19. The van der Waals surface area contributed by atoms with E-state index in [1.165, 1.54) is 34.1 Å². The molecule has 4 aromatic rings. The van der Waals surface area contributed by atoms with E-state index in [1.54, 1.807) is 6.07 Å². The summed E-state index contributed by atoms with van der Waals surface area (Å²) in [5.74, 6) is 0.0325. The van der Waals surface area contributed by atoms with Gasteiger partial charge in [-0.3, -0.25) is 9.59 Å². The zero-order valence-electron chi connectivity index (χ0n) is 19.7. The summed E-state index contributed by atoms with van der Waals surface area (Å²) in [6.07, 6.45) is 5.37. The predicted octanol–water partition coefficient (Wildman–Crippen LogP) is 5.49. The van der Waals surface area contributed by atoms with Gasteiger partial charge in [0.05, 0.1) is 10.2 Å². The molecule has 2 amide bonds. The smallest absolute Gasteiger partial charge is 0.251 e. The molecule has 0 saturated heterocycles. The van der Waals surface area contributed by atoms with Crippen LogP contribution in [0.4, 0.5) is 5.13 Å². The summed E-state index contributed by atoms with van der Waals surface area (Å²) in [5, 5.41) is 12.4. The summed E-state index contributed by atoms with van der Waals surface area (Å²) in [5.41, 5.74) is 2.52. The van der Waals surface area contributed by atoms with Gasteiger partial charge in [0.2, 0.25) is 5.91 Å². The van der Waals surface area contributed by atoms with Crippen molar-refractivity contribution in [3.8, 4) is 0 Å². The van der Waals surface area contributed by atoms with Crippen molar-refractivity contribution in [2.75, 3.05) is 18.4 Å². The standard InChI is InChI=1S/C28H30N4O2S/c33-26(30-15-14-29-18-19-10-11-20-6-4-5-9-22(20)16-19)23-12-13-25-24(17-23)31-28(35-25)32-27(34)21-7-2-1-3-8-21/h4-6,9-13,16-17,21,29H,1-3,7-8,14-15,18H2,(H,30,33)(H,31,32,34). The fourth-order valence-electron chi connectivity index (χ4n) is 4.64. The average molecular weight is 487 g/mol. The molecule has 0 spiro atoms. The first-order valence-electron chi connectivity index (χ1n) is 12.3. The van der Waals surface area contributed by atoms with Crippen molar-refractivity contribution in [2.24, 2.45) is 5.92 Å². The molecule has 0 aliphatic heterocycles. The van der Waals surface area contributed by atoms with Gasteiger partial charge in [0.1, 0.15) is 0 Å². The highest BCUT2D eigenvalue weighted by Crippen LogP contribution is 2.29. The van der Waals surface area contributed by atoms with Crippen molar-refractivity contribution in [3.05, 3.63) is 71.8 Å². The predicted molar refractivity (Wildman–Crippen MR) is 143 cm³/mol. The molecular weight excluding hydrogens is 456 g/mol. The fourth-order valence-corrected chi connectivity index (χ4v) is 5.49. The molecule has 0 bridgehead atoms. The van der Waals surface area contributed by atoms with Gasteiger partial charge >= 0.3 is 0 Å². The summed E-state index contributed by atoms with van der Waals surface area (Å²) in [4.78, 5) is 29.7. The number of thiazole rings is 1. The molecule has 3 aromatic carbocycles. The van der Waals surface area contributed by atoms with Crippen LogP contribution in [0.1, 0.15) is 48.0 Å². The van der Waals surface area contributed by atoms with Crippen molar-refractivity contribution in [1.29, 1.82) is 0 Å². The Morgan fingerprint density at radius 2 is 1.74 bits per heavy atom. The van der Waals surface area contributed by atoms with Crippen LogP contribution in [0, 0.1) is 5.92 Å². The monoisotopic (exact) mass is 486 g/mol. The number of hydrogen-bond acceptors (Lipinski definition) is 5. The van der Waals surface area contributed by atoms with E-state index < -0.39 is 0 Å². The molecule has 7 heteroatoms. The van der Waals surface area contributed by atoms with Gasteiger partial charge in [-0.1, -0.05) is 67.0 Å². The highest BCUT2D eigenvalue weighted by atomic mass is 32.1. The van der Waals surface area contributed by atoms with Crippen LogP contribution in [-0.2, 0) is 11.3 Å². The molecule has 1 aromatic heterocycles. The topological polar surface area (TPSA) is 83.1 Å². The molecule has 0 atom stereocenters. The third-order valence-electron chi connectivity index (χ3n) is 6.59. The first-order chi connectivity index (χ1) is 17.2. The molecule has 35 heavy (non-hydrogen) atoms. The largest absolute Gasteiger partial charge is 0.351 e. The van der Waals surface area contributed by atoms with Crippen molar-refractivity contribution >= 4 is 49.3 Å². The Labute approximate surface area is 209 Å². The van der Waals surface area contributed by atoms with Crippen LogP contribution in [0.2, 0.25) is 0 Å². The van der Waals surface area contributed by atoms with Gasteiger partial charge in [-0.25, -0.2) is 4.98 Å². The van der Waals surface area contributed by atoms with Crippen molar-refractivity contribution in [1.82, 2.24) is 15.6 Å². The van der Waals surface area contributed by atoms with Crippen LogP contribution in [0.15, 0.2) is 60.7 Å². The second kappa shape index (κ2) is 11.0. The van der Waals surface area contributed by atoms with E-state index in [1.807, 2.05) is 24.3 Å². The lowest BCUT2D eigenvalue weighted by atomic mass is 9.89. The Morgan fingerprint density at radius 1 is 0.914 bits per heavy atom. The van der Waals surface area contributed by atoms with Crippen LogP contribution in [0.3, 0.4) is 0 Å². The fraction of sp³-hybridized carbons (Fsp3) is 0.321. The van der Waals surface area contributed by atoms with E-state index in [0.29, 0.717) is 23.8 Å². The maximum atomic E-state index is 12.6. The van der Waals surface area contributed by atoms with Gasteiger partial charge < -0.3 is 16.0 Å². The Kier molecular flexibility index (Phi) is 7.35. The number of amides is 2. The summed E-state index contributed by atoms with van der Waals surface area (Å²) < 4.78 is 0.956. The van der Waals surface area contributed by atoms with Crippen molar-refractivity contribution < 1.29 is 9.59 Å². The molecule has 1 fully saturated rings. The molecule has 5 rings (SSSR count). The Bertz CT molecular complexity index is 1340. The molecular formula is C28H30N4O2S. The van der Waals surface area contributed by atoms with Crippen molar-refractivity contribution in [2.45, 2.75) is 38.6 Å². The normalized spacial score (nSPS) is 14.3. The summed E-state index contributed by atoms with van der Waals surface area (Å²) in [6.45, 7) is 1.96. The van der Waals surface area contributed by atoms with E-state index in [4.69, 9.17) is 0 Å². The number of rotatable bonds is 8. The SMILES string of the molecule is O=C(NCCNCc1ccc2ccccc2c1)c1ccc2sc(NC(=O)C3CCCCC3)nc2c1. The van der Waals surface area contributed by atoms with E-state index in [2.05, 4.69) is 51.3 Å². The number of carbonyl (C=O) groups is 2. The first-order valence-corrected chi connectivity index (χ1v) is 13.2. The number of benzene rings is 3. The molecule has 180 valence electrons. The Balaban J connectivity index is 1.10. The van der Waals surface area contributed by atoms with Crippen LogP contribution < -0.4 is 16.0 Å². The molecule has 1 aliphatic carbocycles. The Hall–Kier alpha value is -3.29. The zero-order valence-corrected chi connectivity index (χ0v) is 20.5. The van der Waals surface area contributed by atoms with Crippen LogP contribution >= 0.6 is 11.3 Å². The minimum absolute atomic E-state index is 0.0675. The summed E-state index contributed by atoms with van der Waals surface area (Å²) >= 11 is 1.45. The third kappa shape index (κ3) is 5.86. The van der Waals surface area contributed by atoms with E-state index >= 15 is 0 Å². The van der Waals surface area contributed by atoms with E-state index in [9.17, 15) is 9.59 Å². The number of nitrogens with zero attached hydrogens (tertiary/aromatic N) is 1. The quantitative estimate of drug-likeness (QED) is 0.288. The maximum absolute atomic E-state index is 12.6. The van der Waals surface area contributed by atoms with Gasteiger partial charge in [-0.2, -0.15) is 0 Å². The van der Waals surface area contributed by atoms with Gasteiger partial charge in [0.25, 0.3) is 5.91 Å². The van der Waals surface area contributed by atoms with Crippen LogP contribution in [-0.4, -0.2) is 29.9 Å². The maximum Gasteiger partial charge on any atom is 0.251 e. The zero-order chi connectivity index (χ0) is 24.0. The summed E-state index contributed by atoms with van der Waals surface area (Å²) in [6, 6.07) is 20.3. The third-order valence-corrected chi connectivity index (χ3v) is 7.54. The Morgan fingerprint density at radius 3 is 2.60 bits per heavy atom. The average Bonchev–Trinajstić information content (AvgIpc) is 3.30. The highest BCUT2D eigenvalue weighted by Gasteiger charge is 2.22. The van der Waals surface area contributed by atoms with Gasteiger partial charge in [-0.05, 0) is 53.4 Å². The number of carbonyl (C=O) groups excluding carboxylic acids is 2. The number of hydrogen-bond donors (Lipinski definition) is 3. The minimum atomic E-state index is -0.125. The first kappa shape index (κ1) is 23.5. The number of fused-ring (bicyclic) bond motifs is 2. The lowest BCUT2D eigenvalue weighted by Crippen LogP contribution is -2.31. The van der Waals surface area contributed by atoms with Gasteiger partial charge in [0, 0.05) is 31.1 Å². The molecule has 0 unspecified atom stereocenters. The summed E-state index contributed by atoms with van der Waals surface area (Å²) in [7, 11) is 0. The molecule has 1 aliphatic rings. The lowest BCUT2D eigenvalue weighted by molar-refractivity contribution is -0.120. The second-order valence-corrected chi connectivity index (χ2v) is 10.2. The van der Waals surface area contributed by atoms with E-state index in [-0.39, 0.29) is 17.7 Å². The molecule has 3 N–H and O–H groups in total. The van der Waals surface area contributed by atoms with Crippen LogP contribution in [0.5, 0.6) is 0 Å². The molecule has 1 heterocycles. The van der Waals surface area contributed by atoms with Gasteiger partial charge in [0.15, 0.2) is 5.13 Å². The molecule has 0 radical (unpaired) electrons. The van der Waals surface area contributed by atoms with Crippen molar-refractivity contribution in [3.63, 3.8) is 0 Å². The highest BCUT2D eigenvalue weighted by molar-refractivity contribution is 7.22. The number of aromatic nitrogens is 1. The van der Waals surface area contributed by atoms with Gasteiger partial charge in [-0.15, -0.1) is 0 Å². The number of nitrogens with one attached hydrogen (secondary N) is 3. The minimum Gasteiger partial charge on any atom is -0.351 e. The van der Waals surface area contributed by atoms with E-state index in [0.717, 1.165) is 42.4 Å². The second-order valence-electron chi connectivity index (χ2n) is 9.14. The molecule has 1 saturated carbocycles. The van der Waals surface area contributed by atoms with Crippen LogP contribution in [0.25, 0.3) is 21.0 Å². The number of anilines is 1.